The second kappa shape index (κ2) is 8.01. The third-order valence-corrected chi connectivity index (χ3v) is 4.56. The van der Waals surface area contributed by atoms with Gasteiger partial charge in [0, 0.05) is 23.9 Å². The molecule has 13 heteroatoms. The predicted molar refractivity (Wildman–Crippen MR) is 90.9 cm³/mol. The van der Waals surface area contributed by atoms with Crippen molar-refractivity contribution in [3.8, 4) is 0 Å². The van der Waals surface area contributed by atoms with E-state index in [1.54, 1.807) is 0 Å². The molecule has 0 radical (unpaired) electrons. The van der Waals surface area contributed by atoms with Crippen LogP contribution in [0.25, 0.3) is 0 Å². The molecule has 0 unspecified atom stereocenters. The van der Waals surface area contributed by atoms with Gasteiger partial charge in [-0.15, -0.1) is 0 Å². The number of amides is 3. The molecule has 1 aliphatic heterocycles. The summed E-state index contributed by atoms with van der Waals surface area (Å²) in [7, 11) is 0. The average molecular weight is 453 g/mol. The van der Waals surface area contributed by atoms with E-state index in [2.05, 4.69) is 20.9 Å². The van der Waals surface area contributed by atoms with Gasteiger partial charge in [0.1, 0.15) is 22.7 Å². The van der Waals surface area contributed by atoms with Gasteiger partial charge in [-0.25, -0.2) is 22.9 Å². The lowest BCUT2D eigenvalue weighted by atomic mass is 9.98. The monoisotopic (exact) mass is 452 g/mol. The van der Waals surface area contributed by atoms with Gasteiger partial charge in [0.25, 0.3) is 0 Å². The smallest absolute Gasteiger partial charge is 0.343 e. The molecule has 0 spiro atoms. The van der Waals surface area contributed by atoms with Crippen molar-refractivity contribution in [2.24, 2.45) is 0 Å². The summed E-state index contributed by atoms with van der Waals surface area (Å²) in [6.45, 7) is -0.121. The Bertz CT molecular complexity index is 1020. The van der Waals surface area contributed by atoms with Gasteiger partial charge < -0.3 is 16.0 Å². The first-order chi connectivity index (χ1) is 14.0. The zero-order valence-corrected chi connectivity index (χ0v) is 15.3. The van der Waals surface area contributed by atoms with Gasteiger partial charge in [-0.3, -0.25) is 4.79 Å². The normalized spacial score (nSPS) is 17.3. The Balaban J connectivity index is 2.04. The summed E-state index contributed by atoms with van der Waals surface area (Å²) >= 11 is 5.55. The Kier molecular flexibility index (Phi) is 5.79. The highest BCUT2D eigenvalue weighted by molar-refractivity contribution is 6.31. The summed E-state index contributed by atoms with van der Waals surface area (Å²) in [6.07, 6.45) is -4.48. The van der Waals surface area contributed by atoms with Gasteiger partial charge in [-0.1, -0.05) is 17.7 Å². The second-order valence-electron chi connectivity index (χ2n) is 6.21. The highest BCUT2D eigenvalue weighted by Crippen LogP contribution is 2.33. The summed E-state index contributed by atoms with van der Waals surface area (Å²) in [5, 5.41) is 5.92. The standard InChI is InChI=1S/C17H11ClF6N4O2/c18-11-8(19)2-1-7(12(11)21)13(28-15(29)10-5-26-16(30)27-10)6-3-9(20)14(25-4-6)17(22,23)24/h1-4,10,13H,5H2,(H,28,29)(H2,26,27,30)/t10-,13+/m0/s1. The van der Waals surface area contributed by atoms with E-state index in [1.165, 1.54) is 0 Å². The van der Waals surface area contributed by atoms with Crippen molar-refractivity contribution in [1.82, 2.24) is 20.9 Å². The number of benzene rings is 1. The Morgan fingerprint density at radius 3 is 2.50 bits per heavy atom. The molecule has 2 atom stereocenters. The van der Waals surface area contributed by atoms with Crippen LogP contribution < -0.4 is 16.0 Å². The highest BCUT2D eigenvalue weighted by Gasteiger charge is 2.37. The minimum atomic E-state index is -5.08. The Morgan fingerprint density at radius 2 is 1.93 bits per heavy atom. The fraction of sp³-hybridized carbons (Fsp3) is 0.235. The van der Waals surface area contributed by atoms with Gasteiger partial charge in [0.15, 0.2) is 11.5 Å². The lowest BCUT2D eigenvalue weighted by Gasteiger charge is -2.23. The molecule has 1 fully saturated rings. The first kappa shape index (κ1) is 21.7. The summed E-state index contributed by atoms with van der Waals surface area (Å²) in [6, 6.07) is -1.24. The number of carbonyl (C=O) groups is 2. The first-order valence-corrected chi connectivity index (χ1v) is 8.57. The van der Waals surface area contributed by atoms with E-state index < -0.39 is 63.9 Å². The van der Waals surface area contributed by atoms with Crippen LogP contribution in [0.5, 0.6) is 0 Å². The fourth-order valence-corrected chi connectivity index (χ4v) is 2.95. The first-order valence-electron chi connectivity index (χ1n) is 8.19. The Labute approximate surface area is 169 Å². The number of nitrogens with one attached hydrogen (secondary N) is 3. The van der Waals surface area contributed by atoms with Gasteiger partial charge in [0.2, 0.25) is 5.91 Å². The van der Waals surface area contributed by atoms with Gasteiger partial charge in [-0.05, 0) is 12.1 Å². The lowest BCUT2D eigenvalue weighted by Crippen LogP contribution is -2.44. The largest absolute Gasteiger partial charge is 0.436 e. The zero-order valence-electron chi connectivity index (χ0n) is 14.6. The number of pyridine rings is 1. The van der Waals surface area contributed by atoms with Crippen LogP contribution in [0.3, 0.4) is 0 Å². The van der Waals surface area contributed by atoms with Gasteiger partial charge >= 0.3 is 12.2 Å². The molecule has 2 heterocycles. The molecule has 2 aromatic rings. The van der Waals surface area contributed by atoms with Gasteiger partial charge in [-0.2, -0.15) is 13.2 Å². The summed E-state index contributed by atoms with van der Waals surface area (Å²) in [5.41, 5.74) is -2.62. The van der Waals surface area contributed by atoms with Crippen LogP contribution in [0.2, 0.25) is 5.02 Å². The van der Waals surface area contributed by atoms with E-state index in [0.717, 1.165) is 12.1 Å². The average Bonchev–Trinajstić information content (AvgIpc) is 3.10. The van der Waals surface area contributed by atoms with Crippen LogP contribution in [-0.4, -0.2) is 29.5 Å². The number of aromatic nitrogens is 1. The Morgan fingerprint density at radius 1 is 1.23 bits per heavy atom. The fourth-order valence-electron chi connectivity index (χ4n) is 2.78. The quantitative estimate of drug-likeness (QED) is 0.492. The van der Waals surface area contributed by atoms with E-state index >= 15 is 0 Å². The molecule has 1 aliphatic rings. The molecule has 6 nitrogen and oxygen atoms in total. The van der Waals surface area contributed by atoms with Crippen molar-refractivity contribution >= 4 is 23.5 Å². The highest BCUT2D eigenvalue weighted by atomic mass is 35.5. The zero-order chi connectivity index (χ0) is 22.2. The molecule has 1 aromatic carbocycles. The van der Waals surface area contributed by atoms with Crippen molar-refractivity contribution in [3.05, 3.63) is 63.7 Å². The Hall–Kier alpha value is -3.02. The molecule has 160 valence electrons. The van der Waals surface area contributed by atoms with Crippen LogP contribution in [0.4, 0.5) is 31.1 Å². The maximum atomic E-state index is 14.6. The molecule has 3 N–H and O–H groups in total. The van der Waals surface area contributed by atoms with Crippen molar-refractivity contribution < 1.29 is 35.9 Å². The lowest BCUT2D eigenvalue weighted by molar-refractivity contribution is -0.143. The topological polar surface area (TPSA) is 83.1 Å². The maximum Gasteiger partial charge on any atom is 0.436 e. The number of alkyl halides is 3. The number of hydrogen-bond acceptors (Lipinski definition) is 3. The van der Waals surface area contributed by atoms with Crippen LogP contribution in [0.1, 0.15) is 22.9 Å². The SMILES string of the molecule is O=C1NC[C@@H](C(=O)N[C@H](c2cnc(C(F)(F)F)c(F)c2)c2ccc(F)c(Cl)c2F)N1. The van der Waals surface area contributed by atoms with Crippen molar-refractivity contribution in [3.63, 3.8) is 0 Å². The number of hydrogen-bond donors (Lipinski definition) is 3. The molecular weight excluding hydrogens is 442 g/mol. The van der Waals surface area contributed by atoms with Crippen molar-refractivity contribution in [2.45, 2.75) is 18.3 Å². The van der Waals surface area contributed by atoms with E-state index in [9.17, 15) is 35.9 Å². The van der Waals surface area contributed by atoms with Crippen molar-refractivity contribution in [2.75, 3.05) is 6.54 Å². The molecule has 1 aromatic heterocycles. The minimum absolute atomic E-state index is 0.121. The number of carbonyl (C=O) groups excluding carboxylic acids is 2. The van der Waals surface area contributed by atoms with E-state index in [-0.39, 0.29) is 12.1 Å². The number of urea groups is 1. The summed E-state index contributed by atoms with van der Waals surface area (Å²) in [4.78, 5) is 26.7. The van der Waals surface area contributed by atoms with Crippen LogP contribution >= 0.6 is 11.6 Å². The molecule has 3 amide bonds. The summed E-state index contributed by atoms with van der Waals surface area (Å²) < 4.78 is 80.4. The number of nitrogens with zero attached hydrogens (tertiary/aromatic N) is 1. The van der Waals surface area contributed by atoms with Gasteiger partial charge in [0.05, 0.1) is 6.04 Å². The van der Waals surface area contributed by atoms with Crippen molar-refractivity contribution in [1.29, 1.82) is 0 Å². The summed E-state index contributed by atoms with van der Waals surface area (Å²) in [5.74, 6) is -5.05. The molecule has 0 bridgehead atoms. The molecular formula is C17H11ClF6N4O2. The third kappa shape index (κ3) is 4.27. The maximum absolute atomic E-state index is 14.6. The molecule has 30 heavy (non-hydrogen) atoms. The molecule has 1 saturated heterocycles. The van der Waals surface area contributed by atoms with Crippen LogP contribution in [0.15, 0.2) is 24.4 Å². The minimum Gasteiger partial charge on any atom is -0.343 e. The second-order valence-corrected chi connectivity index (χ2v) is 6.59. The molecule has 0 saturated carbocycles. The van der Waals surface area contributed by atoms with E-state index in [4.69, 9.17) is 11.6 Å². The van der Waals surface area contributed by atoms with Crippen LogP contribution in [0, 0.1) is 17.5 Å². The predicted octanol–water partition coefficient (Wildman–Crippen LogP) is 3.06. The number of rotatable bonds is 4. The van der Waals surface area contributed by atoms with Crippen LogP contribution in [-0.2, 0) is 11.0 Å². The van der Waals surface area contributed by atoms with E-state index in [1.807, 2.05) is 0 Å². The molecule has 0 aliphatic carbocycles. The third-order valence-electron chi connectivity index (χ3n) is 4.22. The number of halogens is 7. The molecule has 3 rings (SSSR count). The van der Waals surface area contributed by atoms with E-state index in [0.29, 0.717) is 12.3 Å².